The number of aromatic amines is 1. The summed E-state index contributed by atoms with van der Waals surface area (Å²) in [6.45, 7) is 3.68. The number of rotatable bonds is 2. The molecule has 0 radical (unpaired) electrons. The number of anilines is 1. The topological polar surface area (TPSA) is 83.7 Å². The average molecular weight is 284 g/mol. The molecule has 0 bridgehead atoms. The maximum Gasteiger partial charge on any atom is 0.231 e. The van der Waals surface area contributed by atoms with E-state index in [-0.39, 0.29) is 5.92 Å². The minimum Gasteiger partial charge on any atom is -0.355 e. The molecular formula is C14H16N6O. The van der Waals surface area contributed by atoms with Crippen LogP contribution in [0.2, 0.25) is 0 Å². The van der Waals surface area contributed by atoms with Gasteiger partial charge in [0.1, 0.15) is 17.8 Å². The van der Waals surface area contributed by atoms with Crippen LogP contribution in [0.4, 0.5) is 5.82 Å². The first-order valence-corrected chi connectivity index (χ1v) is 7.14. The van der Waals surface area contributed by atoms with E-state index in [9.17, 15) is 0 Å². The summed E-state index contributed by atoms with van der Waals surface area (Å²) >= 11 is 0. The molecule has 3 aromatic rings. The summed E-state index contributed by atoms with van der Waals surface area (Å²) in [5, 5.41) is 4.95. The van der Waals surface area contributed by atoms with Gasteiger partial charge in [-0.3, -0.25) is 0 Å². The van der Waals surface area contributed by atoms with E-state index in [0.29, 0.717) is 5.82 Å². The van der Waals surface area contributed by atoms with Crippen molar-refractivity contribution in [1.82, 2.24) is 25.1 Å². The van der Waals surface area contributed by atoms with Crippen molar-refractivity contribution in [1.29, 1.82) is 0 Å². The van der Waals surface area contributed by atoms with Crippen molar-refractivity contribution < 1.29 is 4.52 Å². The fourth-order valence-corrected chi connectivity index (χ4v) is 2.96. The number of aryl methyl sites for hydroxylation is 1. The van der Waals surface area contributed by atoms with E-state index in [1.807, 2.05) is 19.2 Å². The first-order valence-electron chi connectivity index (χ1n) is 7.14. The van der Waals surface area contributed by atoms with Gasteiger partial charge in [-0.05, 0) is 25.8 Å². The highest BCUT2D eigenvalue weighted by Gasteiger charge is 2.27. The number of aromatic nitrogens is 5. The standard InChI is InChI=1S/C14H16N6O/c1-9-18-14(21-19-9)10-3-2-6-20(7-10)13-11-4-5-15-12(11)16-8-17-13/h4-5,8,10H,2-3,6-7H2,1H3,(H,15,16,17)/t10-/m1/s1. The molecule has 1 aliphatic heterocycles. The Labute approximate surface area is 121 Å². The molecule has 1 atom stereocenters. The Hall–Kier alpha value is -2.44. The van der Waals surface area contributed by atoms with E-state index in [1.165, 1.54) is 0 Å². The third kappa shape index (κ3) is 2.14. The van der Waals surface area contributed by atoms with Crippen LogP contribution in [-0.4, -0.2) is 38.2 Å². The van der Waals surface area contributed by atoms with Gasteiger partial charge in [-0.25, -0.2) is 9.97 Å². The molecule has 7 nitrogen and oxygen atoms in total. The number of nitrogens with zero attached hydrogens (tertiary/aromatic N) is 5. The zero-order chi connectivity index (χ0) is 14.2. The highest BCUT2D eigenvalue weighted by Crippen LogP contribution is 2.30. The molecule has 4 rings (SSSR count). The highest BCUT2D eigenvalue weighted by molar-refractivity contribution is 5.87. The second-order valence-corrected chi connectivity index (χ2v) is 5.40. The van der Waals surface area contributed by atoms with Gasteiger partial charge in [-0.1, -0.05) is 5.16 Å². The summed E-state index contributed by atoms with van der Waals surface area (Å²) < 4.78 is 5.33. The van der Waals surface area contributed by atoms with E-state index >= 15 is 0 Å². The second-order valence-electron chi connectivity index (χ2n) is 5.40. The second kappa shape index (κ2) is 4.83. The molecule has 3 aromatic heterocycles. The van der Waals surface area contributed by atoms with E-state index < -0.39 is 0 Å². The van der Waals surface area contributed by atoms with Crippen LogP contribution in [0, 0.1) is 6.92 Å². The molecule has 1 N–H and O–H groups in total. The van der Waals surface area contributed by atoms with Crippen molar-refractivity contribution in [2.45, 2.75) is 25.7 Å². The van der Waals surface area contributed by atoms with Crippen molar-refractivity contribution in [2.24, 2.45) is 0 Å². The van der Waals surface area contributed by atoms with Gasteiger partial charge in [-0.15, -0.1) is 0 Å². The molecule has 108 valence electrons. The van der Waals surface area contributed by atoms with Crippen LogP contribution in [0.15, 0.2) is 23.1 Å². The van der Waals surface area contributed by atoms with Crippen LogP contribution >= 0.6 is 0 Å². The van der Waals surface area contributed by atoms with Crippen LogP contribution in [0.1, 0.15) is 30.5 Å². The lowest BCUT2D eigenvalue weighted by Gasteiger charge is -2.32. The van der Waals surface area contributed by atoms with Gasteiger partial charge in [-0.2, -0.15) is 4.98 Å². The minimum absolute atomic E-state index is 0.268. The van der Waals surface area contributed by atoms with Crippen LogP contribution < -0.4 is 4.90 Å². The molecule has 4 heterocycles. The first kappa shape index (κ1) is 12.3. The van der Waals surface area contributed by atoms with Crippen molar-refractivity contribution in [3.8, 4) is 0 Å². The van der Waals surface area contributed by atoms with Crippen LogP contribution in [0.3, 0.4) is 0 Å². The lowest BCUT2D eigenvalue weighted by atomic mass is 9.98. The molecule has 1 saturated heterocycles. The summed E-state index contributed by atoms with van der Waals surface area (Å²) in [6, 6.07) is 2.02. The third-order valence-corrected chi connectivity index (χ3v) is 3.95. The van der Waals surface area contributed by atoms with Crippen LogP contribution in [0.25, 0.3) is 11.0 Å². The number of nitrogens with one attached hydrogen (secondary N) is 1. The highest BCUT2D eigenvalue weighted by atomic mass is 16.5. The number of H-pyrrole nitrogens is 1. The number of piperidine rings is 1. The van der Waals surface area contributed by atoms with Crippen molar-refractivity contribution in [3.05, 3.63) is 30.3 Å². The van der Waals surface area contributed by atoms with Crippen molar-refractivity contribution >= 4 is 16.9 Å². The van der Waals surface area contributed by atoms with Gasteiger partial charge >= 0.3 is 0 Å². The zero-order valence-corrected chi connectivity index (χ0v) is 11.8. The number of hydrogen-bond acceptors (Lipinski definition) is 6. The van der Waals surface area contributed by atoms with Gasteiger partial charge in [0.2, 0.25) is 5.89 Å². The number of fused-ring (bicyclic) bond motifs is 1. The van der Waals surface area contributed by atoms with Gasteiger partial charge in [0.05, 0.1) is 11.3 Å². The summed E-state index contributed by atoms with van der Waals surface area (Å²) in [4.78, 5) is 18.5. The summed E-state index contributed by atoms with van der Waals surface area (Å²) in [5.41, 5.74) is 0.871. The summed E-state index contributed by atoms with van der Waals surface area (Å²) in [5.74, 6) is 2.67. The lowest BCUT2D eigenvalue weighted by molar-refractivity contribution is 0.331. The summed E-state index contributed by atoms with van der Waals surface area (Å²) in [6.07, 6.45) is 5.65. The van der Waals surface area contributed by atoms with Crippen molar-refractivity contribution in [2.75, 3.05) is 18.0 Å². The minimum atomic E-state index is 0.268. The van der Waals surface area contributed by atoms with Gasteiger partial charge < -0.3 is 14.4 Å². The Balaban J connectivity index is 1.65. The SMILES string of the molecule is Cc1noc([C@@H]2CCCN(c3ncnc4[nH]ccc34)C2)n1. The molecule has 21 heavy (non-hydrogen) atoms. The Kier molecular flexibility index (Phi) is 2.83. The number of hydrogen-bond donors (Lipinski definition) is 1. The van der Waals surface area contributed by atoms with Crippen molar-refractivity contribution in [3.63, 3.8) is 0 Å². The molecule has 0 saturated carbocycles. The monoisotopic (exact) mass is 284 g/mol. The van der Waals surface area contributed by atoms with E-state index in [4.69, 9.17) is 4.52 Å². The molecule has 1 aliphatic rings. The van der Waals surface area contributed by atoms with Gasteiger partial charge in [0, 0.05) is 19.3 Å². The molecule has 7 heteroatoms. The molecule has 0 aliphatic carbocycles. The van der Waals surface area contributed by atoms with E-state index in [1.54, 1.807) is 6.33 Å². The predicted molar refractivity (Wildman–Crippen MR) is 77.1 cm³/mol. The Bertz CT molecular complexity index is 764. The Morgan fingerprint density at radius 3 is 3.19 bits per heavy atom. The quantitative estimate of drug-likeness (QED) is 0.775. The van der Waals surface area contributed by atoms with E-state index in [0.717, 1.165) is 48.7 Å². The molecule has 0 amide bonds. The zero-order valence-electron chi connectivity index (χ0n) is 11.8. The van der Waals surface area contributed by atoms with E-state index in [2.05, 4.69) is 30.0 Å². The molecule has 0 unspecified atom stereocenters. The Morgan fingerprint density at radius 2 is 2.33 bits per heavy atom. The van der Waals surface area contributed by atoms with Gasteiger partial charge in [0.25, 0.3) is 0 Å². The molecule has 0 aromatic carbocycles. The maximum absolute atomic E-state index is 5.33. The fraction of sp³-hybridized carbons (Fsp3) is 0.429. The van der Waals surface area contributed by atoms with Crippen LogP contribution in [0.5, 0.6) is 0 Å². The maximum atomic E-state index is 5.33. The molecular weight excluding hydrogens is 268 g/mol. The predicted octanol–water partition coefficient (Wildman–Crippen LogP) is 2.03. The third-order valence-electron chi connectivity index (χ3n) is 3.95. The van der Waals surface area contributed by atoms with Gasteiger partial charge in [0.15, 0.2) is 5.82 Å². The molecule has 1 fully saturated rings. The smallest absolute Gasteiger partial charge is 0.231 e. The molecule has 0 spiro atoms. The normalized spacial score (nSPS) is 19.3. The Morgan fingerprint density at radius 1 is 1.38 bits per heavy atom. The summed E-state index contributed by atoms with van der Waals surface area (Å²) in [7, 11) is 0. The lowest BCUT2D eigenvalue weighted by Crippen LogP contribution is -2.35. The first-order chi connectivity index (χ1) is 10.3. The van der Waals surface area contributed by atoms with Crippen LogP contribution in [-0.2, 0) is 0 Å². The largest absolute Gasteiger partial charge is 0.355 e. The fourth-order valence-electron chi connectivity index (χ4n) is 2.96. The average Bonchev–Trinajstić information content (AvgIpc) is 3.15.